The van der Waals surface area contributed by atoms with Crippen LogP contribution in [0.4, 0.5) is 10.1 Å². The van der Waals surface area contributed by atoms with Gasteiger partial charge >= 0.3 is 5.97 Å². The second kappa shape index (κ2) is 8.09. The monoisotopic (exact) mass is 349 g/mol. The van der Waals surface area contributed by atoms with Crippen LogP contribution in [0.1, 0.15) is 22.8 Å². The standard InChI is InChI=1S/C17H16FNO6/c1-3-24-16-9-14(19(21)22)12(8-15(16)23-2)17(20)25-10-11-6-4-5-7-13(11)18/h4-9H,3,10H2,1-2H3. The summed E-state index contributed by atoms with van der Waals surface area (Å²) in [5, 5.41) is 11.3. The molecule has 0 amide bonds. The summed E-state index contributed by atoms with van der Waals surface area (Å²) in [5.41, 5.74) is -0.624. The Morgan fingerprint density at radius 1 is 1.24 bits per heavy atom. The molecule has 0 aromatic heterocycles. The summed E-state index contributed by atoms with van der Waals surface area (Å²) >= 11 is 0. The molecule has 0 N–H and O–H groups in total. The van der Waals surface area contributed by atoms with Gasteiger partial charge in [0, 0.05) is 11.6 Å². The molecule has 2 aromatic carbocycles. The van der Waals surface area contributed by atoms with E-state index in [9.17, 15) is 19.3 Å². The highest BCUT2D eigenvalue weighted by molar-refractivity contribution is 5.95. The molecule has 0 saturated carbocycles. The van der Waals surface area contributed by atoms with Crippen molar-refractivity contribution < 1.29 is 28.3 Å². The summed E-state index contributed by atoms with van der Waals surface area (Å²) < 4.78 is 28.9. The molecular weight excluding hydrogens is 333 g/mol. The highest BCUT2D eigenvalue weighted by Gasteiger charge is 2.26. The van der Waals surface area contributed by atoms with Crippen molar-refractivity contribution in [3.63, 3.8) is 0 Å². The zero-order valence-electron chi connectivity index (χ0n) is 13.7. The van der Waals surface area contributed by atoms with Crippen LogP contribution in [0.25, 0.3) is 0 Å². The number of nitro groups is 1. The molecule has 2 aromatic rings. The van der Waals surface area contributed by atoms with Gasteiger partial charge in [0.25, 0.3) is 5.69 Å². The summed E-state index contributed by atoms with van der Waals surface area (Å²) in [6.45, 7) is 1.63. The Bertz CT molecular complexity index is 793. The molecule has 25 heavy (non-hydrogen) atoms. The first-order valence-electron chi connectivity index (χ1n) is 7.37. The number of rotatable bonds is 7. The van der Waals surface area contributed by atoms with Gasteiger partial charge in [-0.05, 0) is 13.0 Å². The molecule has 0 atom stereocenters. The van der Waals surface area contributed by atoms with Gasteiger partial charge in [0.2, 0.25) is 0 Å². The van der Waals surface area contributed by atoms with E-state index < -0.39 is 22.4 Å². The van der Waals surface area contributed by atoms with Gasteiger partial charge in [0.05, 0.1) is 24.7 Å². The molecule has 0 unspecified atom stereocenters. The van der Waals surface area contributed by atoms with Crippen molar-refractivity contribution in [2.24, 2.45) is 0 Å². The maximum absolute atomic E-state index is 13.6. The van der Waals surface area contributed by atoms with E-state index in [1.54, 1.807) is 13.0 Å². The molecule has 2 rings (SSSR count). The predicted molar refractivity (Wildman–Crippen MR) is 86.3 cm³/mol. The quantitative estimate of drug-likeness (QED) is 0.432. The SMILES string of the molecule is CCOc1cc([N+](=O)[O-])c(C(=O)OCc2ccccc2F)cc1OC. The zero-order valence-corrected chi connectivity index (χ0v) is 13.7. The number of nitrogens with zero attached hydrogens (tertiary/aromatic N) is 1. The molecule has 8 heteroatoms. The van der Waals surface area contributed by atoms with Crippen molar-refractivity contribution in [2.75, 3.05) is 13.7 Å². The minimum atomic E-state index is -0.962. The fraction of sp³-hybridized carbons (Fsp3) is 0.235. The second-order valence-electron chi connectivity index (χ2n) is 4.88. The Hall–Kier alpha value is -3.16. The number of carbonyl (C=O) groups excluding carboxylic acids is 1. The maximum Gasteiger partial charge on any atom is 0.345 e. The lowest BCUT2D eigenvalue weighted by molar-refractivity contribution is -0.385. The molecule has 132 valence electrons. The van der Waals surface area contributed by atoms with E-state index in [-0.39, 0.29) is 35.8 Å². The van der Waals surface area contributed by atoms with Crippen LogP contribution in [0, 0.1) is 15.9 Å². The molecule has 0 fully saturated rings. The number of carbonyl (C=O) groups is 1. The Kier molecular flexibility index (Phi) is 5.89. The summed E-state index contributed by atoms with van der Waals surface area (Å²) in [6, 6.07) is 8.05. The van der Waals surface area contributed by atoms with E-state index in [1.165, 1.54) is 31.4 Å². The molecule has 0 bridgehead atoms. The smallest absolute Gasteiger partial charge is 0.345 e. The molecule has 0 aliphatic rings. The number of nitro benzene ring substituents is 1. The average Bonchev–Trinajstić information content (AvgIpc) is 2.60. The Labute approximate surface area is 143 Å². The lowest BCUT2D eigenvalue weighted by Gasteiger charge is -2.12. The second-order valence-corrected chi connectivity index (χ2v) is 4.88. The first-order valence-corrected chi connectivity index (χ1v) is 7.37. The fourth-order valence-electron chi connectivity index (χ4n) is 2.13. The normalized spacial score (nSPS) is 10.2. The van der Waals surface area contributed by atoms with Crippen LogP contribution in [0.5, 0.6) is 11.5 Å². The summed E-state index contributed by atoms with van der Waals surface area (Å²) in [5.74, 6) is -1.20. The molecule has 7 nitrogen and oxygen atoms in total. The largest absolute Gasteiger partial charge is 0.493 e. The zero-order chi connectivity index (χ0) is 18.4. The van der Waals surface area contributed by atoms with Crippen molar-refractivity contribution in [1.82, 2.24) is 0 Å². The molecule has 0 radical (unpaired) electrons. The Balaban J connectivity index is 2.31. The van der Waals surface area contributed by atoms with Crippen molar-refractivity contribution in [3.05, 3.63) is 63.5 Å². The van der Waals surface area contributed by atoms with Gasteiger partial charge in [-0.25, -0.2) is 9.18 Å². The van der Waals surface area contributed by atoms with Crippen molar-refractivity contribution in [2.45, 2.75) is 13.5 Å². The lowest BCUT2D eigenvalue weighted by Crippen LogP contribution is -2.10. The van der Waals surface area contributed by atoms with Crippen LogP contribution in [0.3, 0.4) is 0 Å². The van der Waals surface area contributed by atoms with Gasteiger partial charge < -0.3 is 14.2 Å². The van der Waals surface area contributed by atoms with E-state index in [1.807, 2.05) is 0 Å². The van der Waals surface area contributed by atoms with Gasteiger partial charge in [-0.3, -0.25) is 10.1 Å². The minimum Gasteiger partial charge on any atom is -0.493 e. The number of esters is 1. The molecular formula is C17H16FNO6. The van der Waals surface area contributed by atoms with Crippen LogP contribution >= 0.6 is 0 Å². The molecule has 0 aliphatic carbocycles. The van der Waals surface area contributed by atoms with Gasteiger partial charge in [0.1, 0.15) is 18.0 Å². The van der Waals surface area contributed by atoms with Gasteiger partial charge in [-0.15, -0.1) is 0 Å². The third-order valence-corrected chi connectivity index (χ3v) is 3.32. The number of halogens is 1. The van der Waals surface area contributed by atoms with Gasteiger partial charge in [-0.1, -0.05) is 18.2 Å². The number of hydrogen-bond donors (Lipinski definition) is 0. The maximum atomic E-state index is 13.6. The summed E-state index contributed by atoms with van der Waals surface area (Å²) in [4.78, 5) is 22.8. The highest BCUT2D eigenvalue weighted by atomic mass is 19.1. The Morgan fingerprint density at radius 3 is 2.56 bits per heavy atom. The predicted octanol–water partition coefficient (Wildman–Crippen LogP) is 3.50. The molecule has 0 heterocycles. The van der Waals surface area contributed by atoms with Crippen LogP contribution in [-0.4, -0.2) is 24.6 Å². The Morgan fingerprint density at radius 2 is 1.96 bits per heavy atom. The summed E-state index contributed by atoms with van der Waals surface area (Å²) in [6.07, 6.45) is 0. The van der Waals surface area contributed by atoms with Crippen LogP contribution < -0.4 is 9.47 Å². The minimum absolute atomic E-state index is 0.141. The van der Waals surface area contributed by atoms with Gasteiger partial charge in [-0.2, -0.15) is 0 Å². The van der Waals surface area contributed by atoms with E-state index >= 15 is 0 Å². The molecule has 0 saturated heterocycles. The number of methoxy groups -OCH3 is 1. The van der Waals surface area contributed by atoms with Crippen molar-refractivity contribution in [1.29, 1.82) is 0 Å². The lowest BCUT2D eigenvalue weighted by atomic mass is 10.1. The van der Waals surface area contributed by atoms with Crippen molar-refractivity contribution in [3.8, 4) is 11.5 Å². The van der Waals surface area contributed by atoms with E-state index in [2.05, 4.69) is 0 Å². The fourth-order valence-corrected chi connectivity index (χ4v) is 2.13. The van der Waals surface area contributed by atoms with Crippen LogP contribution in [-0.2, 0) is 11.3 Å². The topological polar surface area (TPSA) is 87.9 Å². The molecule has 0 aliphatic heterocycles. The van der Waals surface area contributed by atoms with E-state index in [0.717, 1.165) is 6.07 Å². The van der Waals surface area contributed by atoms with Gasteiger partial charge in [0.15, 0.2) is 11.5 Å². The first-order chi connectivity index (χ1) is 12.0. The number of hydrogen-bond acceptors (Lipinski definition) is 6. The van der Waals surface area contributed by atoms with Crippen LogP contribution in [0.15, 0.2) is 36.4 Å². The average molecular weight is 349 g/mol. The van der Waals surface area contributed by atoms with E-state index in [4.69, 9.17) is 14.2 Å². The third-order valence-electron chi connectivity index (χ3n) is 3.32. The van der Waals surface area contributed by atoms with E-state index in [0.29, 0.717) is 0 Å². The summed E-state index contributed by atoms with van der Waals surface area (Å²) in [7, 11) is 1.35. The number of ether oxygens (including phenoxy) is 3. The third kappa shape index (κ3) is 4.23. The number of benzene rings is 2. The molecule has 0 spiro atoms. The van der Waals surface area contributed by atoms with Crippen molar-refractivity contribution >= 4 is 11.7 Å². The first kappa shape index (κ1) is 18.2. The highest BCUT2D eigenvalue weighted by Crippen LogP contribution is 2.35. The van der Waals surface area contributed by atoms with Crippen LogP contribution in [0.2, 0.25) is 0 Å².